The molecule has 1 N–H and O–H groups in total. The number of amides is 2. The molecule has 2 aliphatic heterocycles. The van der Waals surface area contributed by atoms with Crippen molar-refractivity contribution in [2.24, 2.45) is 0 Å². The predicted molar refractivity (Wildman–Crippen MR) is 98.1 cm³/mol. The lowest BCUT2D eigenvalue weighted by Gasteiger charge is -2.27. The highest BCUT2D eigenvalue weighted by atomic mass is 35.5. The molecule has 2 atom stereocenters. The highest BCUT2D eigenvalue weighted by molar-refractivity contribution is 6.31. The van der Waals surface area contributed by atoms with Crippen LogP contribution in [0.25, 0.3) is 0 Å². The topological polar surface area (TPSA) is 41.6 Å². The number of carbonyl (C=O) groups excluding carboxylic acids is 1. The second-order valence-corrected chi connectivity index (χ2v) is 7.04. The number of ether oxygens (including phenoxy) is 1. The first-order valence-corrected chi connectivity index (χ1v) is 9.12. The fourth-order valence-corrected chi connectivity index (χ4v) is 3.96. The molecule has 2 amide bonds. The molecule has 0 unspecified atom stereocenters. The lowest BCUT2D eigenvalue weighted by Crippen LogP contribution is -2.45. The summed E-state index contributed by atoms with van der Waals surface area (Å²) in [6.45, 7) is 1.28. The van der Waals surface area contributed by atoms with Gasteiger partial charge in [-0.3, -0.25) is 0 Å². The molecule has 2 aromatic carbocycles. The molecule has 1 saturated heterocycles. The molecule has 2 heterocycles. The summed E-state index contributed by atoms with van der Waals surface area (Å²) in [5.41, 5.74) is 2.15. The van der Waals surface area contributed by atoms with Crippen LogP contribution in [0.15, 0.2) is 48.5 Å². The van der Waals surface area contributed by atoms with Gasteiger partial charge < -0.3 is 15.0 Å². The van der Waals surface area contributed by atoms with Gasteiger partial charge in [0.05, 0.1) is 6.04 Å². The summed E-state index contributed by atoms with van der Waals surface area (Å²) >= 11 is 6.29. The molecule has 5 heteroatoms. The SMILES string of the molecule is O=C(N[C@H]1COc2ccccc21)N1CCC[C@@H]1Cc1ccccc1Cl. The van der Waals surface area contributed by atoms with Crippen LogP contribution in [0, 0.1) is 0 Å². The van der Waals surface area contributed by atoms with Gasteiger partial charge in [0.2, 0.25) is 0 Å². The highest BCUT2D eigenvalue weighted by Gasteiger charge is 2.32. The molecule has 0 radical (unpaired) electrons. The normalized spacial score (nSPS) is 21.7. The molecular weight excluding hydrogens is 336 g/mol. The van der Waals surface area contributed by atoms with Crippen LogP contribution in [0.4, 0.5) is 4.79 Å². The van der Waals surface area contributed by atoms with Crippen LogP contribution in [0.3, 0.4) is 0 Å². The third-order valence-electron chi connectivity index (χ3n) is 5.05. The molecule has 2 aliphatic rings. The number of hydrogen-bond acceptors (Lipinski definition) is 2. The Bertz CT molecular complexity index is 780. The molecule has 4 nitrogen and oxygen atoms in total. The van der Waals surface area contributed by atoms with Crippen LogP contribution in [-0.4, -0.2) is 30.1 Å². The minimum atomic E-state index is -0.0785. The monoisotopic (exact) mass is 356 g/mol. The Morgan fingerprint density at radius 2 is 2.00 bits per heavy atom. The van der Waals surface area contributed by atoms with Gasteiger partial charge in [-0.15, -0.1) is 0 Å². The Morgan fingerprint density at radius 1 is 1.20 bits per heavy atom. The summed E-state index contributed by atoms with van der Waals surface area (Å²) in [5, 5.41) is 3.91. The number of fused-ring (bicyclic) bond motifs is 1. The van der Waals surface area contributed by atoms with Crippen molar-refractivity contribution in [1.29, 1.82) is 0 Å². The maximum absolute atomic E-state index is 12.8. The highest BCUT2D eigenvalue weighted by Crippen LogP contribution is 2.32. The van der Waals surface area contributed by atoms with Crippen LogP contribution in [0.2, 0.25) is 5.02 Å². The van der Waals surface area contributed by atoms with E-state index in [4.69, 9.17) is 16.3 Å². The number of hydrogen-bond donors (Lipinski definition) is 1. The number of likely N-dealkylation sites (tertiary alicyclic amines) is 1. The van der Waals surface area contributed by atoms with E-state index in [2.05, 4.69) is 5.32 Å². The summed E-state index contributed by atoms with van der Waals surface area (Å²) in [4.78, 5) is 14.8. The van der Waals surface area contributed by atoms with Crippen LogP contribution >= 0.6 is 11.6 Å². The number of nitrogens with one attached hydrogen (secondary N) is 1. The molecular formula is C20H21ClN2O2. The summed E-state index contributed by atoms with van der Waals surface area (Å²) in [5.74, 6) is 0.863. The van der Waals surface area contributed by atoms with Gasteiger partial charge >= 0.3 is 6.03 Å². The van der Waals surface area contributed by atoms with E-state index in [9.17, 15) is 4.79 Å². The van der Waals surface area contributed by atoms with Gasteiger partial charge in [-0.2, -0.15) is 0 Å². The summed E-state index contributed by atoms with van der Waals surface area (Å²) in [6.07, 6.45) is 2.83. The molecule has 1 fully saturated rings. The van der Waals surface area contributed by atoms with Crippen LogP contribution in [0.5, 0.6) is 5.75 Å². The number of rotatable bonds is 3. The van der Waals surface area contributed by atoms with Gasteiger partial charge in [-0.05, 0) is 37.0 Å². The lowest BCUT2D eigenvalue weighted by molar-refractivity contribution is 0.185. The maximum atomic E-state index is 12.8. The van der Waals surface area contributed by atoms with Crippen LogP contribution in [0.1, 0.15) is 30.0 Å². The number of benzene rings is 2. The lowest BCUT2D eigenvalue weighted by atomic mass is 10.0. The first kappa shape index (κ1) is 16.3. The van der Waals surface area contributed by atoms with E-state index in [0.29, 0.717) is 6.61 Å². The van der Waals surface area contributed by atoms with E-state index in [1.165, 1.54) is 0 Å². The number of urea groups is 1. The zero-order chi connectivity index (χ0) is 17.2. The van der Waals surface area contributed by atoms with Crippen LogP contribution in [-0.2, 0) is 6.42 Å². The van der Waals surface area contributed by atoms with E-state index in [-0.39, 0.29) is 18.1 Å². The van der Waals surface area contributed by atoms with Gasteiger partial charge in [0.1, 0.15) is 12.4 Å². The molecule has 0 aromatic heterocycles. The number of halogens is 1. The molecule has 0 bridgehead atoms. The Labute approximate surface area is 152 Å². The fraction of sp³-hybridized carbons (Fsp3) is 0.350. The van der Waals surface area contributed by atoms with Gasteiger partial charge in [0.15, 0.2) is 0 Å². The maximum Gasteiger partial charge on any atom is 0.318 e. The molecule has 25 heavy (non-hydrogen) atoms. The summed E-state index contributed by atoms with van der Waals surface area (Å²) in [7, 11) is 0. The Morgan fingerprint density at radius 3 is 2.88 bits per heavy atom. The third-order valence-corrected chi connectivity index (χ3v) is 5.42. The van der Waals surface area contributed by atoms with E-state index >= 15 is 0 Å². The van der Waals surface area contributed by atoms with Gasteiger partial charge in [0, 0.05) is 23.2 Å². The predicted octanol–water partition coefficient (Wildman–Crippen LogP) is 4.19. The number of nitrogens with zero attached hydrogens (tertiary/aromatic N) is 1. The third kappa shape index (κ3) is 3.31. The smallest absolute Gasteiger partial charge is 0.318 e. The molecule has 130 valence electrons. The van der Waals surface area contributed by atoms with Crippen molar-refractivity contribution in [1.82, 2.24) is 10.2 Å². The van der Waals surface area contributed by atoms with Crippen LogP contribution < -0.4 is 10.1 Å². The number of carbonyl (C=O) groups is 1. The average molecular weight is 357 g/mol. The second-order valence-electron chi connectivity index (χ2n) is 6.64. The Hall–Kier alpha value is -2.20. The minimum absolute atomic E-state index is 0.0140. The van der Waals surface area contributed by atoms with Gasteiger partial charge in [0.25, 0.3) is 0 Å². The van der Waals surface area contributed by atoms with E-state index < -0.39 is 0 Å². The molecule has 0 spiro atoms. The minimum Gasteiger partial charge on any atom is -0.491 e. The van der Waals surface area contributed by atoms with Crippen molar-refractivity contribution in [3.05, 3.63) is 64.7 Å². The van der Waals surface area contributed by atoms with Crippen molar-refractivity contribution in [2.45, 2.75) is 31.3 Å². The molecule has 0 saturated carbocycles. The van der Waals surface area contributed by atoms with E-state index in [1.54, 1.807) is 0 Å². The quantitative estimate of drug-likeness (QED) is 0.895. The molecule has 4 rings (SSSR count). The van der Waals surface area contributed by atoms with E-state index in [1.807, 2.05) is 53.4 Å². The summed E-state index contributed by atoms with van der Waals surface area (Å²) < 4.78 is 5.66. The van der Waals surface area contributed by atoms with Crippen molar-refractivity contribution >= 4 is 17.6 Å². The zero-order valence-electron chi connectivity index (χ0n) is 14.0. The standard InChI is InChI=1S/C20H21ClN2O2/c21-17-9-3-1-6-14(17)12-15-7-5-11-23(15)20(24)22-18-13-25-19-10-4-2-8-16(18)19/h1-4,6,8-10,15,18H,5,7,11-13H2,(H,22,24)/t15-,18+/m1/s1. The molecule has 0 aliphatic carbocycles. The van der Waals surface area contributed by atoms with Crippen molar-refractivity contribution in [2.75, 3.05) is 13.2 Å². The second kappa shape index (κ2) is 6.96. The van der Waals surface area contributed by atoms with Crippen molar-refractivity contribution in [3.8, 4) is 5.75 Å². The average Bonchev–Trinajstić information content (AvgIpc) is 3.24. The Balaban J connectivity index is 1.44. The van der Waals surface area contributed by atoms with Crippen molar-refractivity contribution < 1.29 is 9.53 Å². The Kier molecular flexibility index (Phi) is 4.53. The van der Waals surface area contributed by atoms with E-state index in [0.717, 1.165) is 47.7 Å². The largest absolute Gasteiger partial charge is 0.491 e. The zero-order valence-corrected chi connectivity index (χ0v) is 14.7. The number of para-hydroxylation sites is 1. The first-order chi connectivity index (χ1) is 12.2. The summed E-state index contributed by atoms with van der Waals surface area (Å²) in [6, 6.07) is 15.8. The van der Waals surface area contributed by atoms with Gasteiger partial charge in [-0.1, -0.05) is 48.0 Å². The van der Waals surface area contributed by atoms with Gasteiger partial charge in [-0.25, -0.2) is 4.79 Å². The molecule has 2 aromatic rings. The first-order valence-electron chi connectivity index (χ1n) is 8.74. The fourth-order valence-electron chi connectivity index (χ4n) is 3.75. The van der Waals surface area contributed by atoms with Crippen molar-refractivity contribution in [3.63, 3.8) is 0 Å².